The fourth-order valence-corrected chi connectivity index (χ4v) is 5.25. The number of imidazole rings is 1. The third-order valence-electron chi connectivity index (χ3n) is 5.19. The molecular formula is C22H19BrN4O3S. The molecule has 7 nitrogen and oxygen atoms in total. The molecule has 31 heavy (non-hydrogen) atoms. The predicted molar refractivity (Wildman–Crippen MR) is 124 cm³/mol. The number of aromatic nitrogens is 3. The predicted octanol–water partition coefficient (Wildman–Crippen LogP) is 4.76. The molecule has 158 valence electrons. The van der Waals surface area contributed by atoms with E-state index in [0.29, 0.717) is 30.0 Å². The Labute approximate surface area is 188 Å². The highest BCUT2D eigenvalue weighted by atomic mass is 79.9. The van der Waals surface area contributed by atoms with Crippen LogP contribution < -0.4 is 9.46 Å². The Bertz CT molecular complexity index is 1400. The van der Waals surface area contributed by atoms with Crippen molar-refractivity contribution in [1.29, 1.82) is 0 Å². The monoisotopic (exact) mass is 498 g/mol. The van der Waals surface area contributed by atoms with Gasteiger partial charge in [-0.3, -0.25) is 14.3 Å². The van der Waals surface area contributed by atoms with Crippen LogP contribution >= 0.6 is 15.9 Å². The smallest absolute Gasteiger partial charge is 0.235 e. The molecular weight excluding hydrogens is 480 g/mol. The molecule has 1 fully saturated rings. The van der Waals surface area contributed by atoms with Gasteiger partial charge in [-0.1, -0.05) is 15.9 Å². The molecule has 0 aliphatic heterocycles. The number of rotatable bonds is 6. The lowest BCUT2D eigenvalue weighted by atomic mass is 10.1. The third-order valence-corrected chi connectivity index (χ3v) is 7.56. The number of sulfonamides is 1. The van der Waals surface area contributed by atoms with E-state index >= 15 is 0 Å². The number of anilines is 1. The molecule has 0 radical (unpaired) electrons. The molecule has 2 aromatic heterocycles. The molecule has 1 N–H and O–H groups in total. The Hall–Kier alpha value is -2.91. The van der Waals surface area contributed by atoms with Crippen molar-refractivity contribution in [3.63, 3.8) is 0 Å². The fraction of sp³-hybridized carbons (Fsp3) is 0.182. The van der Waals surface area contributed by atoms with Crippen molar-refractivity contribution in [1.82, 2.24) is 14.5 Å². The first kappa shape index (κ1) is 20.0. The highest BCUT2D eigenvalue weighted by Crippen LogP contribution is 2.35. The zero-order chi connectivity index (χ0) is 21.6. The number of nitrogens with one attached hydrogen (secondary N) is 1. The minimum atomic E-state index is -3.42. The SMILES string of the molecule is COc1cccnc1-c1cc(NS(=O)(=O)C2CC2)cc(-n2cnc3cc(Br)ccc32)c1. The summed E-state index contributed by atoms with van der Waals surface area (Å²) in [5, 5.41) is -0.324. The summed E-state index contributed by atoms with van der Waals surface area (Å²) >= 11 is 3.47. The molecule has 1 aliphatic rings. The molecule has 0 unspecified atom stereocenters. The summed E-state index contributed by atoms with van der Waals surface area (Å²) in [6.07, 6.45) is 4.79. The number of methoxy groups -OCH3 is 1. The Morgan fingerprint density at radius 3 is 2.74 bits per heavy atom. The number of hydrogen-bond acceptors (Lipinski definition) is 5. The topological polar surface area (TPSA) is 86.1 Å². The van der Waals surface area contributed by atoms with E-state index in [2.05, 4.69) is 30.6 Å². The summed E-state index contributed by atoms with van der Waals surface area (Å²) in [6, 6.07) is 15.0. The number of ether oxygens (including phenoxy) is 1. The van der Waals surface area contributed by atoms with Crippen LogP contribution in [0.4, 0.5) is 5.69 Å². The highest BCUT2D eigenvalue weighted by Gasteiger charge is 2.35. The number of benzene rings is 2. The van der Waals surface area contributed by atoms with Crippen LogP contribution in [0, 0.1) is 0 Å². The molecule has 1 aliphatic carbocycles. The Balaban J connectivity index is 1.69. The number of fused-ring (bicyclic) bond motifs is 1. The van der Waals surface area contributed by atoms with Crippen LogP contribution in [0.3, 0.4) is 0 Å². The molecule has 0 bridgehead atoms. The maximum Gasteiger partial charge on any atom is 0.235 e. The molecule has 4 aromatic rings. The second-order valence-electron chi connectivity index (χ2n) is 7.42. The minimum absolute atomic E-state index is 0.324. The zero-order valence-electron chi connectivity index (χ0n) is 16.6. The van der Waals surface area contributed by atoms with Gasteiger partial charge in [-0.05, 0) is 61.4 Å². The lowest BCUT2D eigenvalue weighted by molar-refractivity contribution is 0.415. The molecule has 2 heterocycles. The van der Waals surface area contributed by atoms with E-state index in [0.717, 1.165) is 26.8 Å². The summed E-state index contributed by atoms with van der Waals surface area (Å²) in [4.78, 5) is 8.96. The van der Waals surface area contributed by atoms with Crippen molar-refractivity contribution in [3.05, 3.63) is 65.5 Å². The zero-order valence-corrected chi connectivity index (χ0v) is 19.0. The minimum Gasteiger partial charge on any atom is -0.494 e. The molecule has 0 spiro atoms. The average molecular weight is 499 g/mol. The Kier molecular flexibility index (Phi) is 4.94. The highest BCUT2D eigenvalue weighted by molar-refractivity contribution is 9.10. The normalized spacial score (nSPS) is 14.0. The van der Waals surface area contributed by atoms with E-state index < -0.39 is 10.0 Å². The lowest BCUT2D eigenvalue weighted by Crippen LogP contribution is -2.17. The molecule has 1 saturated carbocycles. The van der Waals surface area contributed by atoms with Gasteiger partial charge in [0.2, 0.25) is 10.0 Å². The van der Waals surface area contributed by atoms with Gasteiger partial charge in [0.25, 0.3) is 0 Å². The first-order valence-electron chi connectivity index (χ1n) is 9.74. The third kappa shape index (κ3) is 3.90. The van der Waals surface area contributed by atoms with Crippen molar-refractivity contribution in [2.45, 2.75) is 18.1 Å². The van der Waals surface area contributed by atoms with Crippen molar-refractivity contribution in [2.75, 3.05) is 11.8 Å². The summed E-state index contributed by atoms with van der Waals surface area (Å²) in [6.45, 7) is 0. The number of halogens is 1. The van der Waals surface area contributed by atoms with E-state index in [9.17, 15) is 8.42 Å². The second-order valence-corrected chi connectivity index (χ2v) is 10.3. The van der Waals surface area contributed by atoms with E-state index in [1.54, 1.807) is 31.8 Å². The van der Waals surface area contributed by atoms with Gasteiger partial charge < -0.3 is 4.74 Å². The van der Waals surface area contributed by atoms with Gasteiger partial charge in [0.05, 0.1) is 29.1 Å². The maximum absolute atomic E-state index is 12.6. The van der Waals surface area contributed by atoms with E-state index in [4.69, 9.17) is 4.74 Å². The lowest BCUT2D eigenvalue weighted by Gasteiger charge is -2.14. The van der Waals surface area contributed by atoms with Crippen LogP contribution in [0.2, 0.25) is 0 Å². The van der Waals surface area contributed by atoms with Crippen LogP contribution in [0.5, 0.6) is 5.75 Å². The Morgan fingerprint density at radius 2 is 1.97 bits per heavy atom. The van der Waals surface area contributed by atoms with Gasteiger partial charge in [-0.25, -0.2) is 13.4 Å². The molecule has 2 aromatic carbocycles. The number of hydrogen-bond donors (Lipinski definition) is 1. The van der Waals surface area contributed by atoms with Gasteiger partial charge in [0, 0.05) is 21.9 Å². The van der Waals surface area contributed by atoms with Crippen LogP contribution in [-0.4, -0.2) is 35.3 Å². The van der Waals surface area contributed by atoms with E-state index in [-0.39, 0.29) is 5.25 Å². The van der Waals surface area contributed by atoms with Gasteiger partial charge in [-0.2, -0.15) is 0 Å². The van der Waals surface area contributed by atoms with Crippen LogP contribution in [0.1, 0.15) is 12.8 Å². The molecule has 5 rings (SSSR count). The first-order valence-corrected chi connectivity index (χ1v) is 12.1. The Morgan fingerprint density at radius 1 is 1.13 bits per heavy atom. The maximum atomic E-state index is 12.6. The van der Waals surface area contributed by atoms with Crippen molar-refractivity contribution in [2.24, 2.45) is 0 Å². The number of pyridine rings is 1. The van der Waals surface area contributed by atoms with Crippen molar-refractivity contribution >= 4 is 42.7 Å². The van der Waals surface area contributed by atoms with Gasteiger partial charge in [0.1, 0.15) is 17.8 Å². The van der Waals surface area contributed by atoms with Crippen LogP contribution in [0.15, 0.2) is 65.5 Å². The second kappa shape index (κ2) is 7.65. The van der Waals surface area contributed by atoms with Crippen LogP contribution in [-0.2, 0) is 10.0 Å². The summed E-state index contributed by atoms with van der Waals surface area (Å²) in [5.41, 5.74) is 4.35. The van der Waals surface area contributed by atoms with Gasteiger partial charge >= 0.3 is 0 Å². The molecule has 9 heteroatoms. The first-order chi connectivity index (χ1) is 14.9. The quantitative estimate of drug-likeness (QED) is 0.414. The fourth-order valence-electron chi connectivity index (χ4n) is 3.54. The molecule has 0 amide bonds. The number of nitrogens with zero attached hydrogens (tertiary/aromatic N) is 3. The summed E-state index contributed by atoms with van der Waals surface area (Å²) < 4.78 is 36.3. The summed E-state index contributed by atoms with van der Waals surface area (Å²) in [7, 11) is -1.84. The molecule has 0 saturated heterocycles. The largest absolute Gasteiger partial charge is 0.494 e. The van der Waals surface area contributed by atoms with Crippen molar-refractivity contribution in [3.8, 4) is 22.7 Å². The van der Waals surface area contributed by atoms with E-state index in [1.807, 2.05) is 41.0 Å². The average Bonchev–Trinajstić information content (AvgIpc) is 3.54. The van der Waals surface area contributed by atoms with Gasteiger partial charge in [0.15, 0.2) is 0 Å². The van der Waals surface area contributed by atoms with E-state index in [1.165, 1.54) is 0 Å². The van der Waals surface area contributed by atoms with Crippen molar-refractivity contribution < 1.29 is 13.2 Å². The summed E-state index contributed by atoms with van der Waals surface area (Å²) in [5.74, 6) is 0.607. The standard InChI is InChI=1S/C22H19BrN4O3S/c1-30-21-3-2-8-24-22(21)14-9-16(26-31(28,29)18-5-6-18)12-17(10-14)27-13-25-19-11-15(23)4-7-20(19)27/h2-4,7-13,18,26H,5-6H2,1H3. The van der Waals surface area contributed by atoms with Crippen LogP contribution in [0.25, 0.3) is 28.0 Å². The molecule has 0 atom stereocenters. The van der Waals surface area contributed by atoms with Gasteiger partial charge in [-0.15, -0.1) is 0 Å².